The second-order valence-corrected chi connectivity index (χ2v) is 4.33. The quantitative estimate of drug-likeness (QED) is 0.646. The van der Waals surface area contributed by atoms with Crippen molar-refractivity contribution in [2.24, 2.45) is 0 Å². The molecule has 0 spiro atoms. The number of aromatic hydroxyl groups is 1. The molecule has 0 aliphatic heterocycles. The normalized spacial score (nSPS) is 9.95. The molecule has 0 amide bonds. The Morgan fingerprint density at radius 1 is 0.952 bits per heavy atom. The molecule has 0 unspecified atom stereocenters. The first-order chi connectivity index (χ1) is 9.76. The van der Waals surface area contributed by atoms with Crippen LogP contribution < -0.4 is 10.6 Å². The number of aromatic nitrogens is 2. The van der Waals surface area contributed by atoms with Gasteiger partial charge in [-0.1, -0.05) is 12.1 Å². The van der Waals surface area contributed by atoms with E-state index < -0.39 is 0 Å². The number of para-hydroxylation sites is 1. The number of hydrogen-bond donors (Lipinski definition) is 3. The molecule has 2 aromatic carbocycles. The molecule has 0 aliphatic carbocycles. The number of benzene rings is 2. The Morgan fingerprint density at radius 2 is 1.67 bits per heavy atom. The van der Waals surface area contributed by atoms with Crippen molar-refractivity contribution < 1.29 is 5.11 Å². The Morgan fingerprint density at radius 3 is 2.38 bits per heavy atom. The number of rotatable bonds is 3. The lowest BCUT2D eigenvalue weighted by molar-refractivity contribution is 0.475. The van der Waals surface area contributed by atoms with Gasteiger partial charge >= 0.3 is 0 Å². The van der Waals surface area contributed by atoms with Crippen molar-refractivity contribution in [2.45, 2.75) is 0 Å². The van der Waals surface area contributed by atoms with Crippen LogP contribution in [-0.4, -0.2) is 22.1 Å². The second kappa shape index (κ2) is 6.28. The van der Waals surface area contributed by atoms with Gasteiger partial charge in [-0.05, 0) is 36.4 Å². The number of nitrogens with one attached hydrogen (secondary N) is 2. The molecule has 108 valence electrons. The average Bonchev–Trinajstić information content (AvgIpc) is 2.49. The van der Waals surface area contributed by atoms with E-state index >= 15 is 0 Å². The third-order valence-electron chi connectivity index (χ3n) is 2.96. The highest BCUT2D eigenvalue weighted by atomic mass is 35.5. The summed E-state index contributed by atoms with van der Waals surface area (Å²) in [5, 5.41) is 16.5. The van der Waals surface area contributed by atoms with Crippen molar-refractivity contribution in [3.8, 4) is 5.75 Å². The van der Waals surface area contributed by atoms with Crippen LogP contribution in [0.4, 0.5) is 17.5 Å². The highest BCUT2D eigenvalue weighted by molar-refractivity contribution is 5.90. The zero-order valence-electron chi connectivity index (χ0n) is 11.4. The Bertz CT molecular complexity index is 746. The summed E-state index contributed by atoms with van der Waals surface area (Å²) in [4.78, 5) is 8.92. The van der Waals surface area contributed by atoms with Crippen molar-refractivity contribution in [1.82, 2.24) is 9.97 Å². The molecule has 3 N–H and O–H groups in total. The van der Waals surface area contributed by atoms with E-state index in [2.05, 4.69) is 20.6 Å². The Kier molecular flexibility index (Phi) is 4.45. The summed E-state index contributed by atoms with van der Waals surface area (Å²) in [6, 6.07) is 14.6. The van der Waals surface area contributed by atoms with E-state index in [-0.39, 0.29) is 18.2 Å². The smallest absolute Gasteiger partial charge is 0.229 e. The summed E-state index contributed by atoms with van der Waals surface area (Å²) >= 11 is 0. The maximum absolute atomic E-state index is 9.28. The molecular formula is C15H15ClN4O. The van der Waals surface area contributed by atoms with Crippen LogP contribution in [-0.2, 0) is 0 Å². The van der Waals surface area contributed by atoms with E-state index in [9.17, 15) is 5.11 Å². The van der Waals surface area contributed by atoms with E-state index in [1.54, 1.807) is 24.3 Å². The standard InChI is InChI=1S/C15H14N4O.ClH/c1-16-14-12-4-2-3-5-13(12)18-15(19-14)17-10-6-8-11(20)9-7-10;/h2-9,20H,1H3,(H2,16,17,18,19);1H. The minimum atomic E-state index is 0. The third-order valence-corrected chi connectivity index (χ3v) is 2.96. The van der Waals surface area contributed by atoms with Gasteiger partial charge in [0.1, 0.15) is 11.6 Å². The first-order valence-electron chi connectivity index (χ1n) is 6.27. The number of nitrogens with zero attached hydrogens (tertiary/aromatic N) is 2. The van der Waals surface area contributed by atoms with Crippen LogP contribution in [0.3, 0.4) is 0 Å². The maximum Gasteiger partial charge on any atom is 0.229 e. The monoisotopic (exact) mass is 302 g/mol. The maximum atomic E-state index is 9.28. The van der Waals surface area contributed by atoms with Crippen LogP contribution in [0.2, 0.25) is 0 Å². The van der Waals surface area contributed by atoms with Gasteiger partial charge in [0, 0.05) is 18.1 Å². The van der Waals surface area contributed by atoms with E-state index in [0.717, 1.165) is 22.4 Å². The Balaban J connectivity index is 0.00000161. The molecule has 0 saturated heterocycles. The first kappa shape index (κ1) is 14.9. The summed E-state index contributed by atoms with van der Waals surface area (Å²) in [6.45, 7) is 0. The van der Waals surface area contributed by atoms with E-state index in [1.807, 2.05) is 31.3 Å². The highest BCUT2D eigenvalue weighted by Crippen LogP contribution is 2.23. The van der Waals surface area contributed by atoms with E-state index in [4.69, 9.17) is 0 Å². The Hall–Kier alpha value is -2.53. The molecule has 0 bridgehead atoms. The van der Waals surface area contributed by atoms with Gasteiger partial charge in [0.15, 0.2) is 0 Å². The molecule has 0 fully saturated rings. The Labute approximate surface area is 128 Å². The van der Waals surface area contributed by atoms with Crippen LogP contribution in [0.15, 0.2) is 48.5 Å². The molecule has 21 heavy (non-hydrogen) atoms. The van der Waals surface area contributed by atoms with Crippen molar-refractivity contribution in [1.29, 1.82) is 0 Å². The summed E-state index contributed by atoms with van der Waals surface area (Å²) in [6.07, 6.45) is 0. The van der Waals surface area contributed by atoms with Crippen molar-refractivity contribution in [3.63, 3.8) is 0 Å². The van der Waals surface area contributed by atoms with Crippen molar-refractivity contribution in [3.05, 3.63) is 48.5 Å². The molecular weight excluding hydrogens is 288 g/mol. The van der Waals surface area contributed by atoms with E-state index in [0.29, 0.717) is 5.95 Å². The average molecular weight is 303 g/mol. The van der Waals surface area contributed by atoms with Gasteiger partial charge in [-0.25, -0.2) is 4.98 Å². The predicted octanol–water partition coefficient (Wildman–Crippen LogP) is 3.54. The van der Waals surface area contributed by atoms with Crippen molar-refractivity contribution >= 4 is 40.8 Å². The van der Waals surface area contributed by atoms with Crippen LogP contribution >= 0.6 is 12.4 Å². The summed E-state index contributed by atoms with van der Waals surface area (Å²) in [7, 11) is 1.83. The van der Waals surface area contributed by atoms with Crippen LogP contribution in [0, 0.1) is 0 Å². The number of anilines is 3. The molecule has 5 nitrogen and oxygen atoms in total. The molecule has 6 heteroatoms. The van der Waals surface area contributed by atoms with Gasteiger partial charge in [0.25, 0.3) is 0 Å². The van der Waals surface area contributed by atoms with Gasteiger partial charge in [-0.3, -0.25) is 0 Å². The number of phenols is 1. The molecule has 0 radical (unpaired) electrons. The summed E-state index contributed by atoms with van der Waals surface area (Å²) in [5.41, 5.74) is 1.69. The number of hydrogen-bond acceptors (Lipinski definition) is 5. The lowest BCUT2D eigenvalue weighted by atomic mass is 10.2. The van der Waals surface area contributed by atoms with Crippen LogP contribution in [0.25, 0.3) is 10.9 Å². The molecule has 3 rings (SSSR count). The zero-order chi connectivity index (χ0) is 13.9. The molecule has 0 aliphatic rings. The number of halogens is 1. The topological polar surface area (TPSA) is 70.1 Å². The van der Waals surface area contributed by atoms with Gasteiger partial charge in [-0.15, -0.1) is 12.4 Å². The molecule has 1 aromatic heterocycles. The third kappa shape index (κ3) is 3.14. The second-order valence-electron chi connectivity index (χ2n) is 4.33. The van der Waals surface area contributed by atoms with Crippen molar-refractivity contribution in [2.75, 3.05) is 17.7 Å². The predicted molar refractivity (Wildman–Crippen MR) is 87.7 cm³/mol. The fourth-order valence-corrected chi connectivity index (χ4v) is 2.00. The minimum Gasteiger partial charge on any atom is -0.508 e. The first-order valence-corrected chi connectivity index (χ1v) is 6.27. The molecule has 1 heterocycles. The number of phenolic OH excluding ortho intramolecular Hbond substituents is 1. The SMILES string of the molecule is CNc1nc(Nc2ccc(O)cc2)nc2ccccc12.Cl. The highest BCUT2D eigenvalue weighted by Gasteiger charge is 2.06. The van der Waals surface area contributed by atoms with E-state index in [1.165, 1.54) is 0 Å². The lowest BCUT2D eigenvalue weighted by Crippen LogP contribution is -2.01. The fourth-order valence-electron chi connectivity index (χ4n) is 2.00. The van der Waals surface area contributed by atoms with Gasteiger partial charge in [0.2, 0.25) is 5.95 Å². The zero-order valence-corrected chi connectivity index (χ0v) is 12.2. The molecule has 0 atom stereocenters. The van der Waals surface area contributed by atoms with Gasteiger partial charge < -0.3 is 15.7 Å². The fraction of sp³-hybridized carbons (Fsp3) is 0.0667. The minimum absolute atomic E-state index is 0. The summed E-state index contributed by atoms with van der Waals surface area (Å²) < 4.78 is 0. The lowest BCUT2D eigenvalue weighted by Gasteiger charge is -2.09. The number of fused-ring (bicyclic) bond motifs is 1. The molecule has 3 aromatic rings. The largest absolute Gasteiger partial charge is 0.508 e. The summed E-state index contributed by atoms with van der Waals surface area (Å²) in [5.74, 6) is 1.52. The molecule has 0 saturated carbocycles. The van der Waals surface area contributed by atoms with Gasteiger partial charge in [0.05, 0.1) is 5.52 Å². The van der Waals surface area contributed by atoms with Crippen LogP contribution in [0.1, 0.15) is 0 Å². The van der Waals surface area contributed by atoms with Crippen LogP contribution in [0.5, 0.6) is 5.75 Å². The van der Waals surface area contributed by atoms with Gasteiger partial charge in [-0.2, -0.15) is 4.98 Å².